The van der Waals surface area contributed by atoms with Crippen molar-refractivity contribution in [2.45, 2.75) is 32.0 Å². The second kappa shape index (κ2) is 12.4. The molecule has 1 fully saturated rings. The van der Waals surface area contributed by atoms with Gasteiger partial charge in [0.2, 0.25) is 5.91 Å². The Morgan fingerprint density at radius 3 is 2.14 bits per heavy atom. The van der Waals surface area contributed by atoms with E-state index >= 15 is 0 Å². The van der Waals surface area contributed by atoms with Gasteiger partial charge in [0.25, 0.3) is 0 Å². The summed E-state index contributed by atoms with van der Waals surface area (Å²) in [4.78, 5) is 17.4. The van der Waals surface area contributed by atoms with Crippen LogP contribution in [0.5, 0.6) is 0 Å². The maximum absolute atomic E-state index is 14.2. The number of benzene rings is 3. The average molecular weight is 513 g/mol. The number of hydrogen-bond donors (Lipinski definition) is 0. The molecule has 3 aromatic rings. The van der Waals surface area contributed by atoms with Gasteiger partial charge >= 0.3 is 0 Å². The first-order valence-electron chi connectivity index (χ1n) is 12.3. The summed E-state index contributed by atoms with van der Waals surface area (Å²) < 4.78 is 34.4. The van der Waals surface area contributed by atoms with Crippen molar-refractivity contribution in [2.75, 3.05) is 32.7 Å². The van der Waals surface area contributed by atoms with Gasteiger partial charge in [0.15, 0.2) is 0 Å². The zero-order chi connectivity index (χ0) is 25.5. The predicted molar refractivity (Wildman–Crippen MR) is 138 cm³/mol. The summed E-state index contributed by atoms with van der Waals surface area (Å²) in [5.74, 6) is -1.23. The molecule has 7 heteroatoms. The first-order chi connectivity index (χ1) is 17.5. The van der Waals surface area contributed by atoms with Gasteiger partial charge in [0.1, 0.15) is 11.6 Å². The highest BCUT2D eigenvalue weighted by molar-refractivity contribution is 6.30. The van der Waals surface area contributed by atoms with E-state index in [1.165, 1.54) is 18.2 Å². The van der Waals surface area contributed by atoms with Crippen LogP contribution in [0.25, 0.3) is 0 Å². The molecule has 1 saturated heterocycles. The van der Waals surface area contributed by atoms with Gasteiger partial charge in [-0.15, -0.1) is 0 Å². The van der Waals surface area contributed by atoms with E-state index in [2.05, 4.69) is 4.90 Å². The Bertz CT molecular complexity index is 1120. The third kappa shape index (κ3) is 6.49. The third-order valence-corrected chi connectivity index (χ3v) is 7.00. The Hall–Kier alpha value is -2.80. The molecule has 0 aromatic heterocycles. The van der Waals surface area contributed by atoms with Gasteiger partial charge < -0.3 is 9.64 Å². The van der Waals surface area contributed by atoms with Crippen molar-refractivity contribution >= 4 is 17.5 Å². The van der Waals surface area contributed by atoms with Gasteiger partial charge in [-0.3, -0.25) is 9.69 Å². The molecule has 1 aliphatic rings. The zero-order valence-corrected chi connectivity index (χ0v) is 21.1. The van der Waals surface area contributed by atoms with E-state index in [4.69, 9.17) is 16.3 Å². The molecule has 4 rings (SSSR count). The maximum Gasteiger partial charge on any atom is 0.230 e. The van der Waals surface area contributed by atoms with Gasteiger partial charge in [-0.2, -0.15) is 0 Å². The Balaban J connectivity index is 1.40. The van der Waals surface area contributed by atoms with E-state index in [9.17, 15) is 13.6 Å². The van der Waals surface area contributed by atoms with Gasteiger partial charge in [-0.25, -0.2) is 8.78 Å². The number of amides is 1. The molecule has 190 valence electrons. The highest BCUT2D eigenvalue weighted by Gasteiger charge is 2.29. The van der Waals surface area contributed by atoms with Crippen LogP contribution in [-0.4, -0.2) is 48.4 Å². The lowest BCUT2D eigenvalue weighted by Crippen LogP contribution is -2.50. The Morgan fingerprint density at radius 2 is 1.53 bits per heavy atom. The summed E-state index contributed by atoms with van der Waals surface area (Å²) in [6, 6.07) is 21.0. The Morgan fingerprint density at radius 1 is 0.889 bits per heavy atom. The van der Waals surface area contributed by atoms with E-state index < -0.39 is 17.7 Å². The number of hydrogen-bond acceptors (Lipinski definition) is 3. The molecule has 1 heterocycles. The normalized spacial score (nSPS) is 16.1. The largest absolute Gasteiger partial charge is 0.367 e. The van der Waals surface area contributed by atoms with Crippen LogP contribution in [0.15, 0.2) is 72.8 Å². The topological polar surface area (TPSA) is 32.8 Å². The lowest BCUT2D eigenvalue weighted by molar-refractivity contribution is -0.135. The lowest BCUT2D eigenvalue weighted by Gasteiger charge is -2.38. The highest BCUT2D eigenvalue weighted by atomic mass is 35.5. The zero-order valence-electron chi connectivity index (χ0n) is 20.4. The molecule has 0 spiro atoms. The number of halogens is 3. The van der Waals surface area contributed by atoms with Crippen molar-refractivity contribution in [3.63, 3.8) is 0 Å². The first-order valence-corrected chi connectivity index (χ1v) is 12.7. The van der Waals surface area contributed by atoms with Crippen LogP contribution in [0.2, 0.25) is 5.02 Å². The summed E-state index contributed by atoms with van der Waals surface area (Å²) in [7, 11) is 0. The number of nitrogens with zero attached hydrogens (tertiary/aromatic N) is 2. The molecule has 1 amide bonds. The molecule has 0 radical (unpaired) electrons. The van der Waals surface area contributed by atoms with Crippen molar-refractivity contribution in [1.29, 1.82) is 0 Å². The maximum atomic E-state index is 14.2. The summed E-state index contributed by atoms with van der Waals surface area (Å²) in [5, 5.41) is 0.605. The van der Waals surface area contributed by atoms with E-state index in [-0.39, 0.29) is 24.0 Å². The Kier molecular flexibility index (Phi) is 9.08. The van der Waals surface area contributed by atoms with Crippen molar-refractivity contribution < 1.29 is 18.3 Å². The number of rotatable bonds is 9. The molecule has 2 atom stereocenters. The minimum Gasteiger partial charge on any atom is -0.367 e. The summed E-state index contributed by atoms with van der Waals surface area (Å²) in [5.41, 5.74) is 1.84. The first kappa shape index (κ1) is 26.3. The average Bonchev–Trinajstić information content (AvgIpc) is 2.89. The van der Waals surface area contributed by atoms with Gasteiger partial charge in [0, 0.05) is 43.3 Å². The second-order valence-corrected chi connectivity index (χ2v) is 9.49. The number of piperazine rings is 1. The summed E-state index contributed by atoms with van der Waals surface area (Å²) in [6.45, 7) is 5.03. The number of ether oxygens (including phenoxy) is 1. The quantitative estimate of drug-likeness (QED) is 0.341. The highest BCUT2D eigenvalue weighted by Crippen LogP contribution is 2.26. The van der Waals surface area contributed by atoms with Crippen LogP contribution in [0.3, 0.4) is 0 Å². The minimum absolute atomic E-state index is 0.0848. The summed E-state index contributed by atoms with van der Waals surface area (Å²) >= 11 is 6.06. The fourth-order valence-electron chi connectivity index (χ4n) is 4.63. The van der Waals surface area contributed by atoms with Crippen molar-refractivity contribution in [2.24, 2.45) is 0 Å². The third-order valence-electron chi connectivity index (χ3n) is 6.75. The summed E-state index contributed by atoms with van der Waals surface area (Å²) in [6.07, 6.45) is 0.346. The van der Waals surface area contributed by atoms with Crippen LogP contribution < -0.4 is 0 Å². The SMILES string of the molecule is CC[C@@H](C(=O)N1CCN(C[C@@H](OCc2c(F)cccc2F)c2ccc(Cl)cc2)CC1)c1ccccc1. The molecular weight excluding hydrogens is 482 g/mol. The fraction of sp³-hybridized carbons (Fsp3) is 0.345. The van der Waals surface area contributed by atoms with E-state index in [0.29, 0.717) is 37.7 Å². The molecule has 3 aromatic carbocycles. The molecule has 0 saturated carbocycles. The van der Waals surface area contributed by atoms with Crippen LogP contribution in [0.4, 0.5) is 8.78 Å². The van der Waals surface area contributed by atoms with Crippen molar-refractivity contribution in [3.05, 3.63) is 106 Å². The van der Waals surface area contributed by atoms with Gasteiger partial charge in [-0.1, -0.05) is 67.1 Å². The molecule has 1 aliphatic heterocycles. The molecule has 4 nitrogen and oxygen atoms in total. The van der Waals surface area contributed by atoms with Crippen molar-refractivity contribution in [1.82, 2.24) is 9.80 Å². The molecule has 36 heavy (non-hydrogen) atoms. The van der Waals surface area contributed by atoms with E-state index in [1.54, 1.807) is 12.1 Å². The van der Waals surface area contributed by atoms with E-state index in [1.807, 2.05) is 54.3 Å². The molecule has 0 unspecified atom stereocenters. The molecular formula is C29H31ClF2N2O2. The molecule has 0 N–H and O–H groups in total. The van der Waals surface area contributed by atoms with Crippen LogP contribution in [0.1, 0.15) is 42.1 Å². The predicted octanol–water partition coefficient (Wildman–Crippen LogP) is 6.21. The number of carbonyl (C=O) groups is 1. The van der Waals surface area contributed by atoms with Crippen LogP contribution >= 0.6 is 11.6 Å². The smallest absolute Gasteiger partial charge is 0.230 e. The van der Waals surface area contributed by atoms with Crippen LogP contribution in [0, 0.1) is 11.6 Å². The fourth-order valence-corrected chi connectivity index (χ4v) is 4.76. The van der Waals surface area contributed by atoms with Crippen molar-refractivity contribution in [3.8, 4) is 0 Å². The monoisotopic (exact) mass is 512 g/mol. The van der Waals surface area contributed by atoms with Gasteiger partial charge in [0.05, 0.1) is 18.6 Å². The molecule has 0 aliphatic carbocycles. The standard InChI is InChI=1S/C29H31ClF2N2O2/c1-2-24(21-7-4-3-5-8-21)29(35)34-17-15-33(16-18-34)19-28(22-11-13-23(30)14-12-22)36-20-25-26(31)9-6-10-27(25)32/h3-14,24,28H,2,15-20H2,1H3/t24-,28-/m1/s1. The minimum atomic E-state index is -0.624. The van der Waals surface area contributed by atoms with E-state index in [0.717, 1.165) is 17.5 Å². The second-order valence-electron chi connectivity index (χ2n) is 9.05. The number of carbonyl (C=O) groups excluding carboxylic acids is 1. The molecule has 0 bridgehead atoms. The lowest BCUT2D eigenvalue weighted by atomic mass is 9.95. The Labute approximate surface area is 216 Å². The van der Waals surface area contributed by atoms with Crippen LogP contribution in [-0.2, 0) is 16.1 Å². The van der Waals surface area contributed by atoms with Gasteiger partial charge in [-0.05, 0) is 41.8 Å².